The first-order chi connectivity index (χ1) is 13.1. The molecule has 0 radical (unpaired) electrons. The highest BCUT2D eigenvalue weighted by Gasteiger charge is 2.02. The zero-order valence-corrected chi connectivity index (χ0v) is 15.9. The maximum Gasteiger partial charge on any atom is 0.229 e. The molecule has 0 unspecified atom stereocenters. The van der Waals surface area contributed by atoms with Gasteiger partial charge in [0.2, 0.25) is 5.95 Å². The Balaban J connectivity index is 1.56. The summed E-state index contributed by atoms with van der Waals surface area (Å²) < 4.78 is 5.26. The van der Waals surface area contributed by atoms with Gasteiger partial charge in [-0.15, -0.1) is 0 Å². The number of ether oxygens (including phenoxy) is 1. The third-order valence-electron chi connectivity index (χ3n) is 4.15. The summed E-state index contributed by atoms with van der Waals surface area (Å²) >= 11 is 0. The van der Waals surface area contributed by atoms with Crippen molar-refractivity contribution < 1.29 is 4.74 Å². The van der Waals surface area contributed by atoms with Crippen molar-refractivity contribution in [3.05, 3.63) is 66.4 Å². The predicted octanol–water partition coefficient (Wildman–Crippen LogP) is 3.95. The highest BCUT2D eigenvalue weighted by atomic mass is 16.5. The number of hydrogen-bond acceptors (Lipinski definition) is 6. The number of aromatic nitrogens is 2. The fraction of sp³-hybridized carbons (Fsp3) is 0.238. The standard InChI is InChI=1S/C21H25N5O/c1-26(2)18-9-7-17(8-10-18)24-21-23-14-12-20(25-21)22-13-11-16-5-4-6-19(15-16)27-3/h4-10,12,14-15H,11,13H2,1-3H3,(H2,22,23,24,25). The molecule has 0 aliphatic rings. The molecular weight excluding hydrogens is 338 g/mol. The zero-order chi connectivity index (χ0) is 19.1. The average Bonchev–Trinajstić information content (AvgIpc) is 2.69. The summed E-state index contributed by atoms with van der Waals surface area (Å²) in [6.45, 7) is 0.779. The Morgan fingerprint density at radius 2 is 1.85 bits per heavy atom. The Hall–Kier alpha value is -3.28. The number of nitrogens with zero attached hydrogens (tertiary/aromatic N) is 3. The van der Waals surface area contributed by atoms with Gasteiger partial charge in [-0.3, -0.25) is 0 Å². The lowest BCUT2D eigenvalue weighted by molar-refractivity contribution is 0.414. The summed E-state index contributed by atoms with van der Waals surface area (Å²) in [7, 11) is 5.72. The van der Waals surface area contributed by atoms with Crippen LogP contribution in [0, 0.1) is 0 Å². The minimum atomic E-state index is 0.569. The number of hydrogen-bond donors (Lipinski definition) is 2. The molecule has 2 aromatic carbocycles. The summed E-state index contributed by atoms with van der Waals surface area (Å²) in [5.74, 6) is 2.24. The van der Waals surface area contributed by atoms with Crippen LogP contribution in [0.3, 0.4) is 0 Å². The third kappa shape index (κ3) is 5.34. The third-order valence-corrected chi connectivity index (χ3v) is 4.15. The number of benzene rings is 2. The minimum Gasteiger partial charge on any atom is -0.497 e. The van der Waals surface area contributed by atoms with Gasteiger partial charge in [0.15, 0.2) is 0 Å². The summed E-state index contributed by atoms with van der Waals surface area (Å²) in [6.07, 6.45) is 2.63. The molecule has 27 heavy (non-hydrogen) atoms. The lowest BCUT2D eigenvalue weighted by Crippen LogP contribution is -2.09. The van der Waals surface area contributed by atoms with Gasteiger partial charge in [0.05, 0.1) is 7.11 Å². The molecule has 2 N–H and O–H groups in total. The molecule has 0 bridgehead atoms. The topological polar surface area (TPSA) is 62.3 Å². The molecule has 0 aliphatic carbocycles. The molecule has 0 spiro atoms. The van der Waals surface area contributed by atoms with E-state index in [4.69, 9.17) is 4.74 Å². The van der Waals surface area contributed by atoms with Crippen molar-refractivity contribution in [2.24, 2.45) is 0 Å². The van der Waals surface area contributed by atoms with Crippen LogP contribution in [0.15, 0.2) is 60.8 Å². The van der Waals surface area contributed by atoms with Gasteiger partial charge < -0.3 is 20.3 Å². The van der Waals surface area contributed by atoms with E-state index in [1.807, 2.05) is 50.5 Å². The van der Waals surface area contributed by atoms with Gasteiger partial charge in [-0.2, -0.15) is 4.98 Å². The lowest BCUT2D eigenvalue weighted by atomic mass is 10.1. The maximum atomic E-state index is 5.26. The Bertz CT molecular complexity index is 864. The number of rotatable bonds is 8. The van der Waals surface area contributed by atoms with Crippen molar-refractivity contribution in [3.63, 3.8) is 0 Å². The molecule has 0 saturated heterocycles. The Labute approximate surface area is 160 Å². The van der Waals surface area contributed by atoms with Gasteiger partial charge in [-0.1, -0.05) is 12.1 Å². The van der Waals surface area contributed by atoms with Crippen molar-refractivity contribution in [3.8, 4) is 5.75 Å². The summed E-state index contributed by atoms with van der Waals surface area (Å²) in [4.78, 5) is 10.9. The van der Waals surface area contributed by atoms with Crippen molar-refractivity contribution in [2.75, 3.05) is 43.3 Å². The molecule has 0 atom stereocenters. The van der Waals surface area contributed by atoms with Gasteiger partial charge in [-0.05, 0) is 54.4 Å². The van der Waals surface area contributed by atoms with E-state index in [-0.39, 0.29) is 0 Å². The second-order valence-electron chi connectivity index (χ2n) is 6.36. The predicted molar refractivity (Wildman–Crippen MR) is 111 cm³/mol. The van der Waals surface area contributed by atoms with E-state index >= 15 is 0 Å². The second-order valence-corrected chi connectivity index (χ2v) is 6.36. The van der Waals surface area contributed by atoms with Crippen LogP contribution in [-0.2, 0) is 6.42 Å². The Morgan fingerprint density at radius 3 is 2.59 bits per heavy atom. The molecule has 3 rings (SSSR count). The molecule has 0 fully saturated rings. The molecule has 3 aromatic rings. The second kappa shape index (κ2) is 8.89. The first-order valence-corrected chi connectivity index (χ1v) is 8.88. The first kappa shape index (κ1) is 18.5. The molecule has 140 valence electrons. The average molecular weight is 363 g/mol. The molecule has 0 amide bonds. The lowest BCUT2D eigenvalue weighted by Gasteiger charge is -2.13. The molecule has 6 nitrogen and oxygen atoms in total. The molecule has 1 heterocycles. The summed E-state index contributed by atoms with van der Waals surface area (Å²) in [6, 6.07) is 18.1. The highest BCUT2D eigenvalue weighted by Crippen LogP contribution is 2.19. The van der Waals surface area contributed by atoms with Crippen molar-refractivity contribution in [1.82, 2.24) is 9.97 Å². The number of anilines is 4. The zero-order valence-electron chi connectivity index (χ0n) is 15.9. The van der Waals surface area contributed by atoms with Crippen LogP contribution in [0.2, 0.25) is 0 Å². The SMILES string of the molecule is COc1cccc(CCNc2ccnc(Nc3ccc(N(C)C)cc3)n2)c1. The monoisotopic (exact) mass is 363 g/mol. The molecule has 6 heteroatoms. The largest absolute Gasteiger partial charge is 0.497 e. The van der Waals surface area contributed by atoms with Crippen LogP contribution in [0.1, 0.15) is 5.56 Å². The van der Waals surface area contributed by atoms with E-state index < -0.39 is 0 Å². The van der Waals surface area contributed by atoms with Crippen LogP contribution in [-0.4, -0.2) is 37.7 Å². The summed E-state index contributed by atoms with van der Waals surface area (Å²) in [5.41, 5.74) is 3.32. The van der Waals surface area contributed by atoms with E-state index in [9.17, 15) is 0 Å². The van der Waals surface area contributed by atoms with Crippen LogP contribution in [0.5, 0.6) is 5.75 Å². The van der Waals surface area contributed by atoms with E-state index in [0.29, 0.717) is 5.95 Å². The van der Waals surface area contributed by atoms with Gasteiger partial charge in [0, 0.05) is 38.2 Å². The molecule has 1 aromatic heterocycles. The molecular formula is C21H25N5O. The van der Waals surface area contributed by atoms with Crippen molar-refractivity contribution in [1.29, 1.82) is 0 Å². The van der Waals surface area contributed by atoms with Crippen LogP contribution in [0.25, 0.3) is 0 Å². The van der Waals surface area contributed by atoms with Crippen LogP contribution >= 0.6 is 0 Å². The van der Waals surface area contributed by atoms with Crippen LogP contribution in [0.4, 0.5) is 23.1 Å². The van der Waals surface area contributed by atoms with Gasteiger partial charge in [0.1, 0.15) is 11.6 Å². The number of methoxy groups -OCH3 is 1. The molecule has 0 saturated carbocycles. The first-order valence-electron chi connectivity index (χ1n) is 8.88. The van der Waals surface area contributed by atoms with Gasteiger partial charge in [-0.25, -0.2) is 4.98 Å². The number of nitrogens with one attached hydrogen (secondary N) is 2. The smallest absolute Gasteiger partial charge is 0.229 e. The van der Waals surface area contributed by atoms with E-state index in [2.05, 4.69) is 43.7 Å². The van der Waals surface area contributed by atoms with E-state index in [1.54, 1.807) is 13.3 Å². The van der Waals surface area contributed by atoms with E-state index in [0.717, 1.165) is 35.9 Å². The highest BCUT2D eigenvalue weighted by molar-refractivity contribution is 5.59. The fourth-order valence-electron chi connectivity index (χ4n) is 2.65. The summed E-state index contributed by atoms with van der Waals surface area (Å²) in [5, 5.41) is 6.58. The quantitative estimate of drug-likeness (QED) is 0.632. The fourth-order valence-corrected chi connectivity index (χ4v) is 2.65. The van der Waals surface area contributed by atoms with Gasteiger partial charge in [0.25, 0.3) is 0 Å². The molecule has 0 aliphatic heterocycles. The Kier molecular flexibility index (Phi) is 6.10. The normalized spacial score (nSPS) is 10.3. The van der Waals surface area contributed by atoms with Gasteiger partial charge >= 0.3 is 0 Å². The van der Waals surface area contributed by atoms with Crippen LogP contribution < -0.4 is 20.3 Å². The maximum absolute atomic E-state index is 5.26. The minimum absolute atomic E-state index is 0.569. The van der Waals surface area contributed by atoms with Crippen molar-refractivity contribution >= 4 is 23.1 Å². The van der Waals surface area contributed by atoms with E-state index in [1.165, 1.54) is 5.56 Å². The van der Waals surface area contributed by atoms with Crippen molar-refractivity contribution in [2.45, 2.75) is 6.42 Å². The Morgan fingerprint density at radius 1 is 1.04 bits per heavy atom.